The Morgan fingerprint density at radius 2 is 1.60 bits per heavy atom. The third-order valence-corrected chi connectivity index (χ3v) is 4.87. The minimum atomic E-state index is -1.40. The van der Waals surface area contributed by atoms with E-state index in [-0.39, 0.29) is 5.95 Å². The van der Waals surface area contributed by atoms with Crippen molar-refractivity contribution in [2.75, 3.05) is 11.9 Å². The number of rotatable bonds is 5. The Hall–Kier alpha value is -4.07. The van der Waals surface area contributed by atoms with E-state index in [1.54, 1.807) is 61.5 Å². The number of benzene rings is 2. The Morgan fingerprint density at radius 3 is 2.17 bits per heavy atom. The lowest BCUT2D eigenvalue weighted by atomic mass is 9.82. The van der Waals surface area contributed by atoms with Gasteiger partial charge in [-0.05, 0) is 24.1 Å². The van der Waals surface area contributed by atoms with Gasteiger partial charge >= 0.3 is 6.03 Å². The van der Waals surface area contributed by atoms with Gasteiger partial charge in [0.05, 0.1) is 0 Å². The van der Waals surface area contributed by atoms with E-state index in [0.717, 1.165) is 4.90 Å². The van der Waals surface area contributed by atoms with E-state index >= 15 is 0 Å². The summed E-state index contributed by atoms with van der Waals surface area (Å²) in [6, 6.07) is 19.0. The second kappa shape index (κ2) is 7.75. The molecular weight excluding hydrogens is 382 g/mol. The summed E-state index contributed by atoms with van der Waals surface area (Å²) in [5.41, 5.74) is 0.501. The van der Waals surface area contributed by atoms with Crippen LogP contribution in [0.2, 0.25) is 0 Å². The highest BCUT2D eigenvalue weighted by Crippen LogP contribution is 2.35. The molecule has 0 atom stereocenters. The number of nitrogens with one attached hydrogen (secondary N) is 2. The van der Waals surface area contributed by atoms with E-state index in [0.29, 0.717) is 16.8 Å². The molecule has 0 spiro atoms. The lowest BCUT2D eigenvalue weighted by Crippen LogP contribution is -2.45. The molecular formula is C22H19N5O3. The molecule has 1 fully saturated rings. The van der Waals surface area contributed by atoms with E-state index in [1.165, 1.54) is 6.20 Å². The Kier molecular flexibility index (Phi) is 4.97. The van der Waals surface area contributed by atoms with Crippen LogP contribution < -0.4 is 10.6 Å². The molecule has 0 bridgehead atoms. The Balaban J connectivity index is 1.65. The fraction of sp³-hybridized carbons (Fsp3) is 0.136. The number of imide groups is 1. The summed E-state index contributed by atoms with van der Waals surface area (Å²) in [5, 5.41) is 5.33. The maximum absolute atomic E-state index is 13.5. The number of aromatic nitrogens is 2. The summed E-state index contributed by atoms with van der Waals surface area (Å²) in [7, 11) is 0. The van der Waals surface area contributed by atoms with Gasteiger partial charge in [-0.2, -0.15) is 0 Å². The van der Waals surface area contributed by atoms with Crippen LogP contribution in [0.5, 0.6) is 0 Å². The van der Waals surface area contributed by atoms with Gasteiger partial charge in [0.25, 0.3) is 5.91 Å². The molecule has 4 amide bonds. The first-order valence-corrected chi connectivity index (χ1v) is 9.35. The van der Waals surface area contributed by atoms with Gasteiger partial charge in [0.15, 0.2) is 5.54 Å². The molecule has 8 nitrogen and oxygen atoms in total. The fourth-order valence-electron chi connectivity index (χ4n) is 3.47. The topological polar surface area (TPSA) is 104 Å². The molecule has 1 aliphatic rings. The molecule has 1 saturated heterocycles. The van der Waals surface area contributed by atoms with Crippen LogP contribution in [-0.2, 0) is 15.1 Å². The molecule has 8 heteroatoms. The number of carbonyl (C=O) groups excluding carboxylic acids is 3. The van der Waals surface area contributed by atoms with Gasteiger partial charge in [-0.25, -0.2) is 14.8 Å². The van der Waals surface area contributed by atoms with Crippen molar-refractivity contribution in [2.24, 2.45) is 0 Å². The molecule has 1 aliphatic heterocycles. The highest BCUT2D eigenvalue weighted by molar-refractivity contribution is 6.12. The zero-order chi connectivity index (χ0) is 21.1. The average molecular weight is 401 g/mol. The van der Waals surface area contributed by atoms with Gasteiger partial charge in [-0.1, -0.05) is 60.7 Å². The molecule has 2 heterocycles. The normalized spacial score (nSPS) is 15.0. The predicted octanol–water partition coefficient (Wildman–Crippen LogP) is 2.22. The molecule has 3 aromatic rings. The number of nitrogens with zero attached hydrogens (tertiary/aromatic N) is 3. The maximum atomic E-state index is 13.5. The highest BCUT2D eigenvalue weighted by atomic mass is 16.2. The molecule has 2 aromatic carbocycles. The highest BCUT2D eigenvalue weighted by Gasteiger charge is 2.54. The van der Waals surface area contributed by atoms with E-state index in [4.69, 9.17) is 0 Å². The van der Waals surface area contributed by atoms with Gasteiger partial charge in [-0.3, -0.25) is 19.8 Å². The van der Waals surface area contributed by atoms with Crippen molar-refractivity contribution >= 4 is 23.8 Å². The largest absolute Gasteiger partial charge is 0.326 e. The number of urea groups is 1. The van der Waals surface area contributed by atoms with E-state index in [2.05, 4.69) is 20.6 Å². The molecule has 0 aliphatic carbocycles. The molecule has 1 aromatic heterocycles. The SMILES string of the molecule is Cc1ccnc(NC(=O)CN2C(=O)NC(c3ccccc3)(c3ccccc3)C2=O)n1. The van der Waals surface area contributed by atoms with Crippen LogP contribution in [0.25, 0.3) is 0 Å². The van der Waals surface area contributed by atoms with Crippen LogP contribution in [0.3, 0.4) is 0 Å². The molecule has 30 heavy (non-hydrogen) atoms. The first kappa shape index (κ1) is 19.3. The first-order valence-electron chi connectivity index (χ1n) is 9.35. The van der Waals surface area contributed by atoms with Crippen molar-refractivity contribution in [3.05, 3.63) is 89.7 Å². The van der Waals surface area contributed by atoms with E-state index in [1.807, 2.05) is 12.1 Å². The van der Waals surface area contributed by atoms with E-state index < -0.39 is 29.9 Å². The molecule has 0 radical (unpaired) electrons. The lowest BCUT2D eigenvalue weighted by Gasteiger charge is -2.27. The fourth-order valence-corrected chi connectivity index (χ4v) is 3.47. The smallest absolute Gasteiger partial charge is 0.315 e. The van der Waals surface area contributed by atoms with Crippen LogP contribution in [0.1, 0.15) is 16.8 Å². The van der Waals surface area contributed by atoms with Gasteiger partial charge in [-0.15, -0.1) is 0 Å². The molecule has 4 rings (SSSR count). The van der Waals surface area contributed by atoms with Gasteiger partial charge in [0.2, 0.25) is 11.9 Å². The van der Waals surface area contributed by atoms with Crippen LogP contribution >= 0.6 is 0 Å². The van der Waals surface area contributed by atoms with Gasteiger partial charge in [0.1, 0.15) is 6.54 Å². The number of anilines is 1. The Bertz CT molecular complexity index is 1060. The van der Waals surface area contributed by atoms with Crippen molar-refractivity contribution in [2.45, 2.75) is 12.5 Å². The summed E-state index contributed by atoms with van der Waals surface area (Å²) >= 11 is 0. The van der Waals surface area contributed by atoms with Crippen molar-refractivity contribution in [1.82, 2.24) is 20.2 Å². The number of hydrogen-bond donors (Lipinski definition) is 2. The summed E-state index contributed by atoms with van der Waals surface area (Å²) in [6.45, 7) is 1.31. The molecule has 0 saturated carbocycles. The van der Waals surface area contributed by atoms with Crippen LogP contribution in [0.15, 0.2) is 72.9 Å². The van der Waals surface area contributed by atoms with E-state index in [9.17, 15) is 14.4 Å². The van der Waals surface area contributed by atoms with Crippen molar-refractivity contribution in [3.63, 3.8) is 0 Å². The third-order valence-electron chi connectivity index (χ3n) is 4.87. The predicted molar refractivity (Wildman–Crippen MR) is 109 cm³/mol. The summed E-state index contributed by atoms with van der Waals surface area (Å²) < 4.78 is 0. The Labute approximate surface area is 173 Å². The number of carbonyl (C=O) groups is 3. The van der Waals surface area contributed by atoms with Crippen molar-refractivity contribution < 1.29 is 14.4 Å². The molecule has 0 unspecified atom stereocenters. The van der Waals surface area contributed by atoms with Crippen LogP contribution in [0.4, 0.5) is 10.7 Å². The quantitative estimate of drug-likeness (QED) is 0.638. The second-order valence-electron chi connectivity index (χ2n) is 6.87. The molecule has 150 valence electrons. The maximum Gasteiger partial charge on any atom is 0.326 e. The summed E-state index contributed by atoms with van der Waals surface area (Å²) in [6.07, 6.45) is 1.52. The van der Waals surface area contributed by atoms with Crippen molar-refractivity contribution in [3.8, 4) is 0 Å². The monoisotopic (exact) mass is 401 g/mol. The average Bonchev–Trinajstić information content (AvgIpc) is 3.00. The van der Waals surface area contributed by atoms with Gasteiger partial charge < -0.3 is 5.32 Å². The molecule has 2 N–H and O–H groups in total. The minimum Gasteiger partial charge on any atom is -0.315 e. The van der Waals surface area contributed by atoms with Crippen LogP contribution in [0, 0.1) is 6.92 Å². The summed E-state index contributed by atoms with van der Waals surface area (Å²) in [4.78, 5) is 47.8. The standard InChI is InChI=1S/C22H19N5O3/c1-15-12-13-23-20(24-15)25-18(28)14-27-19(29)22(26-21(27)30,16-8-4-2-5-9-16)17-10-6-3-7-11-17/h2-13H,14H2,1H3,(H,26,30)(H,23,24,25,28). The first-order chi connectivity index (χ1) is 14.5. The van der Waals surface area contributed by atoms with Crippen LogP contribution in [-0.4, -0.2) is 39.3 Å². The minimum absolute atomic E-state index is 0.115. The number of aryl methyl sites for hydroxylation is 1. The third kappa shape index (κ3) is 3.39. The van der Waals surface area contributed by atoms with Crippen molar-refractivity contribution in [1.29, 1.82) is 0 Å². The number of amides is 4. The summed E-state index contributed by atoms with van der Waals surface area (Å²) in [5.74, 6) is -0.976. The second-order valence-corrected chi connectivity index (χ2v) is 6.87. The zero-order valence-electron chi connectivity index (χ0n) is 16.2. The zero-order valence-corrected chi connectivity index (χ0v) is 16.2. The lowest BCUT2D eigenvalue weighted by molar-refractivity contribution is -0.133. The Morgan fingerprint density at radius 1 is 1.00 bits per heavy atom. The number of hydrogen-bond acceptors (Lipinski definition) is 5. The van der Waals surface area contributed by atoms with Gasteiger partial charge in [0, 0.05) is 11.9 Å².